The van der Waals surface area contributed by atoms with Crippen LogP contribution in [0.2, 0.25) is 0 Å². The van der Waals surface area contributed by atoms with E-state index in [1.165, 1.54) is 6.07 Å². The van der Waals surface area contributed by atoms with Gasteiger partial charge in [0.15, 0.2) is 0 Å². The first-order chi connectivity index (χ1) is 9.56. The van der Waals surface area contributed by atoms with Crippen molar-refractivity contribution in [1.82, 2.24) is 15.1 Å². The van der Waals surface area contributed by atoms with Crippen molar-refractivity contribution in [3.05, 3.63) is 28.0 Å². The molecule has 2 rings (SSSR count). The van der Waals surface area contributed by atoms with Crippen LogP contribution < -0.4 is 5.32 Å². The number of nitro groups is 1. The molecule has 1 N–H and O–H groups in total. The van der Waals surface area contributed by atoms with Crippen molar-refractivity contribution in [2.75, 3.05) is 39.8 Å². The lowest BCUT2D eigenvalue weighted by molar-refractivity contribution is -0.402. The van der Waals surface area contributed by atoms with Crippen LogP contribution in [-0.4, -0.2) is 60.4 Å². The Morgan fingerprint density at radius 1 is 1.50 bits per heavy atom. The van der Waals surface area contributed by atoms with Gasteiger partial charge in [-0.3, -0.25) is 19.8 Å². The summed E-state index contributed by atoms with van der Waals surface area (Å²) in [6.45, 7) is 3.72. The lowest BCUT2D eigenvalue weighted by atomic mass is 10.3. The molecule has 1 aliphatic heterocycles. The quantitative estimate of drug-likeness (QED) is 0.606. The van der Waals surface area contributed by atoms with Crippen LogP contribution in [0.15, 0.2) is 16.5 Å². The first-order valence-corrected chi connectivity index (χ1v) is 6.46. The van der Waals surface area contributed by atoms with Crippen molar-refractivity contribution in [1.29, 1.82) is 0 Å². The summed E-state index contributed by atoms with van der Waals surface area (Å²) < 4.78 is 5.07. The number of likely N-dealkylation sites (N-methyl/N-ethyl adjacent to an activating group) is 1. The molecule has 0 saturated carbocycles. The minimum absolute atomic E-state index is 0.0649. The topological polar surface area (TPSA) is 91.9 Å². The second kappa shape index (κ2) is 6.49. The third kappa shape index (κ3) is 3.78. The van der Waals surface area contributed by atoms with Crippen molar-refractivity contribution in [3.8, 4) is 0 Å². The Hall–Kier alpha value is -1.93. The molecular weight excluding hydrogens is 264 g/mol. The molecule has 1 aliphatic rings. The van der Waals surface area contributed by atoms with Gasteiger partial charge in [0.1, 0.15) is 10.7 Å². The highest BCUT2D eigenvalue weighted by Gasteiger charge is 2.19. The molecule has 2 heterocycles. The predicted octanol–water partition coefficient (Wildman–Crippen LogP) is 0.0514. The highest BCUT2D eigenvalue weighted by atomic mass is 16.6. The molecule has 0 unspecified atom stereocenters. The van der Waals surface area contributed by atoms with Gasteiger partial charge in [0, 0.05) is 26.2 Å². The Labute approximate surface area is 116 Å². The van der Waals surface area contributed by atoms with Crippen LogP contribution in [0.4, 0.5) is 5.88 Å². The molecule has 0 bridgehead atoms. The van der Waals surface area contributed by atoms with Crippen LogP contribution in [0.25, 0.3) is 0 Å². The maximum Gasteiger partial charge on any atom is 0.433 e. The Balaban J connectivity index is 1.83. The zero-order valence-corrected chi connectivity index (χ0v) is 11.4. The molecule has 1 amide bonds. The van der Waals surface area contributed by atoms with Gasteiger partial charge in [-0.15, -0.1) is 0 Å². The van der Waals surface area contributed by atoms with Crippen LogP contribution >= 0.6 is 0 Å². The summed E-state index contributed by atoms with van der Waals surface area (Å²) >= 11 is 0. The van der Waals surface area contributed by atoms with E-state index >= 15 is 0 Å². The SMILES string of the molecule is CN(CC(=O)N1CCNCC1)Cc1ccc([N+](=O)[O-])o1. The fourth-order valence-corrected chi connectivity index (χ4v) is 2.12. The average molecular weight is 282 g/mol. The maximum absolute atomic E-state index is 12.0. The number of amides is 1. The normalized spacial score (nSPS) is 15.6. The van der Waals surface area contributed by atoms with E-state index < -0.39 is 4.92 Å². The van der Waals surface area contributed by atoms with Gasteiger partial charge in [0.05, 0.1) is 19.2 Å². The summed E-state index contributed by atoms with van der Waals surface area (Å²) in [4.78, 5) is 25.6. The minimum atomic E-state index is -0.574. The van der Waals surface area contributed by atoms with Crippen LogP contribution in [0.1, 0.15) is 5.76 Å². The molecule has 0 aliphatic carbocycles. The van der Waals surface area contributed by atoms with E-state index in [4.69, 9.17) is 4.42 Å². The Bertz CT molecular complexity index is 482. The maximum atomic E-state index is 12.0. The Morgan fingerprint density at radius 2 is 2.20 bits per heavy atom. The second-order valence-electron chi connectivity index (χ2n) is 4.80. The fraction of sp³-hybridized carbons (Fsp3) is 0.583. The molecule has 20 heavy (non-hydrogen) atoms. The van der Waals surface area contributed by atoms with E-state index in [9.17, 15) is 14.9 Å². The molecule has 0 radical (unpaired) electrons. The fourth-order valence-electron chi connectivity index (χ4n) is 2.12. The standard InChI is InChI=1S/C12H18N4O4/c1-14(8-10-2-3-12(20-10)16(18)19)9-11(17)15-6-4-13-5-7-15/h2-3,13H,4-9H2,1H3. The van der Waals surface area contributed by atoms with Crippen molar-refractivity contribution >= 4 is 11.8 Å². The molecule has 1 saturated heterocycles. The molecule has 1 aromatic rings. The van der Waals surface area contributed by atoms with Gasteiger partial charge in [-0.05, 0) is 13.1 Å². The molecule has 1 fully saturated rings. The third-order valence-electron chi connectivity index (χ3n) is 3.13. The van der Waals surface area contributed by atoms with Gasteiger partial charge >= 0.3 is 5.88 Å². The number of hydrogen-bond donors (Lipinski definition) is 1. The highest BCUT2D eigenvalue weighted by molar-refractivity contribution is 5.78. The van der Waals surface area contributed by atoms with Crippen LogP contribution in [0.5, 0.6) is 0 Å². The summed E-state index contributed by atoms with van der Waals surface area (Å²) in [5.41, 5.74) is 0. The average Bonchev–Trinajstić information content (AvgIpc) is 2.88. The highest BCUT2D eigenvalue weighted by Crippen LogP contribution is 2.16. The zero-order valence-electron chi connectivity index (χ0n) is 11.4. The van der Waals surface area contributed by atoms with Gasteiger partial charge in [0.2, 0.25) is 5.91 Å². The van der Waals surface area contributed by atoms with Gasteiger partial charge < -0.3 is 14.6 Å². The van der Waals surface area contributed by atoms with Crippen molar-refractivity contribution in [2.24, 2.45) is 0 Å². The molecule has 8 nitrogen and oxygen atoms in total. The van der Waals surface area contributed by atoms with E-state index in [-0.39, 0.29) is 18.3 Å². The van der Waals surface area contributed by atoms with E-state index in [0.717, 1.165) is 26.2 Å². The summed E-state index contributed by atoms with van der Waals surface area (Å²) in [5.74, 6) is 0.268. The molecule has 0 spiro atoms. The number of carbonyl (C=O) groups is 1. The first kappa shape index (κ1) is 14.5. The molecule has 8 heteroatoms. The third-order valence-corrected chi connectivity index (χ3v) is 3.13. The number of carbonyl (C=O) groups excluding carboxylic acids is 1. The van der Waals surface area contributed by atoms with Crippen molar-refractivity contribution < 1.29 is 14.1 Å². The molecule has 1 aromatic heterocycles. The van der Waals surface area contributed by atoms with Crippen LogP contribution in [0, 0.1) is 10.1 Å². The first-order valence-electron chi connectivity index (χ1n) is 6.46. The van der Waals surface area contributed by atoms with Crippen LogP contribution in [0.3, 0.4) is 0 Å². The summed E-state index contributed by atoms with van der Waals surface area (Å²) in [7, 11) is 1.79. The lowest BCUT2D eigenvalue weighted by Gasteiger charge is -2.29. The monoisotopic (exact) mass is 282 g/mol. The van der Waals surface area contributed by atoms with Gasteiger partial charge in [-0.2, -0.15) is 0 Å². The Morgan fingerprint density at radius 3 is 2.80 bits per heavy atom. The van der Waals surface area contributed by atoms with Crippen molar-refractivity contribution in [3.63, 3.8) is 0 Å². The molecule has 0 atom stereocenters. The molecular formula is C12H18N4O4. The molecule has 0 aromatic carbocycles. The number of piperazine rings is 1. The summed E-state index contributed by atoms with van der Waals surface area (Å²) in [5, 5.41) is 13.7. The van der Waals surface area contributed by atoms with Crippen LogP contribution in [-0.2, 0) is 11.3 Å². The van der Waals surface area contributed by atoms with E-state index in [1.54, 1.807) is 18.0 Å². The second-order valence-corrected chi connectivity index (χ2v) is 4.80. The van der Waals surface area contributed by atoms with Gasteiger partial charge in [0.25, 0.3) is 0 Å². The predicted molar refractivity (Wildman–Crippen MR) is 71.1 cm³/mol. The summed E-state index contributed by atoms with van der Waals surface area (Å²) in [6, 6.07) is 2.88. The van der Waals surface area contributed by atoms with E-state index in [0.29, 0.717) is 12.3 Å². The van der Waals surface area contributed by atoms with Crippen molar-refractivity contribution in [2.45, 2.75) is 6.54 Å². The number of hydrogen-bond acceptors (Lipinski definition) is 6. The van der Waals surface area contributed by atoms with Gasteiger partial charge in [-0.25, -0.2) is 0 Å². The van der Waals surface area contributed by atoms with E-state index in [2.05, 4.69) is 5.32 Å². The largest absolute Gasteiger partial charge is 0.433 e. The van der Waals surface area contributed by atoms with Gasteiger partial charge in [-0.1, -0.05) is 0 Å². The number of furan rings is 1. The van der Waals surface area contributed by atoms with E-state index in [1.807, 2.05) is 4.90 Å². The Kier molecular flexibility index (Phi) is 4.70. The smallest absolute Gasteiger partial charge is 0.404 e. The number of rotatable bonds is 5. The lowest BCUT2D eigenvalue weighted by Crippen LogP contribution is -2.49. The number of nitrogens with one attached hydrogen (secondary N) is 1. The minimum Gasteiger partial charge on any atom is -0.404 e. The summed E-state index contributed by atoms with van der Waals surface area (Å²) in [6.07, 6.45) is 0. The zero-order chi connectivity index (χ0) is 14.5. The molecule has 110 valence electrons. The number of nitrogens with zero attached hydrogens (tertiary/aromatic N) is 3.